The highest BCUT2D eigenvalue weighted by Crippen LogP contribution is 2.49. The minimum Gasteiger partial charge on any atom is -0.380 e. The van der Waals surface area contributed by atoms with Crippen molar-refractivity contribution in [3.63, 3.8) is 0 Å². The molecule has 266 valence electrons. The van der Waals surface area contributed by atoms with Crippen molar-refractivity contribution in [1.29, 1.82) is 5.26 Å². The van der Waals surface area contributed by atoms with Crippen molar-refractivity contribution in [3.05, 3.63) is 88.5 Å². The van der Waals surface area contributed by atoms with Crippen molar-refractivity contribution >= 4 is 29.1 Å². The van der Waals surface area contributed by atoms with Crippen molar-refractivity contribution < 1.29 is 28.1 Å². The van der Waals surface area contributed by atoms with Gasteiger partial charge in [0.1, 0.15) is 11.7 Å². The lowest BCUT2D eigenvalue weighted by Gasteiger charge is -2.34. The summed E-state index contributed by atoms with van der Waals surface area (Å²) in [6.07, 6.45) is 14.8. The van der Waals surface area contributed by atoms with Gasteiger partial charge in [-0.25, -0.2) is 9.18 Å². The van der Waals surface area contributed by atoms with Gasteiger partial charge in [0.15, 0.2) is 5.70 Å². The summed E-state index contributed by atoms with van der Waals surface area (Å²) in [5, 5.41) is 15.1. The number of nitriles is 1. The Morgan fingerprint density at radius 1 is 1.18 bits per heavy atom. The molecular weight excluding hydrogens is 647 g/mol. The predicted molar refractivity (Wildman–Crippen MR) is 191 cm³/mol. The Morgan fingerprint density at radius 3 is 2.82 bits per heavy atom. The van der Waals surface area contributed by atoms with Crippen molar-refractivity contribution in [3.8, 4) is 6.07 Å². The SMILES string of the molecule is CNCCOCCc1cc(N2CCN(CC3(C)C=C(F)C(CC4=CC=C5C6C4C=CCC6C(=O)[N+]5=C4CCC(=O)NC4=O)=CC3)C2)ccc1C#N. The number of ether oxygens (including phenoxy) is 1. The third-order valence-electron chi connectivity index (χ3n) is 11.2. The summed E-state index contributed by atoms with van der Waals surface area (Å²) in [5.41, 5.74) is 5.27. The number of hydrogen-bond acceptors (Lipinski definition) is 8. The zero-order valence-electron chi connectivity index (χ0n) is 29.4. The Balaban J connectivity index is 1.00. The quantitative estimate of drug-likeness (QED) is 0.154. The van der Waals surface area contributed by atoms with E-state index >= 15 is 4.39 Å². The zero-order valence-corrected chi connectivity index (χ0v) is 29.4. The van der Waals surface area contributed by atoms with Crippen molar-refractivity contribution in [2.75, 3.05) is 58.0 Å². The number of likely N-dealkylation sites (N-methyl/N-ethyl adjacent to an activating group) is 1. The molecule has 51 heavy (non-hydrogen) atoms. The molecule has 3 heterocycles. The Labute approximate surface area is 298 Å². The van der Waals surface area contributed by atoms with Crippen LogP contribution < -0.4 is 15.5 Å². The summed E-state index contributed by atoms with van der Waals surface area (Å²) in [4.78, 5) is 42.8. The maximum absolute atomic E-state index is 16.0. The van der Waals surface area contributed by atoms with Crippen molar-refractivity contribution in [2.45, 2.75) is 45.4 Å². The van der Waals surface area contributed by atoms with Crippen LogP contribution in [0.1, 0.15) is 50.2 Å². The van der Waals surface area contributed by atoms with E-state index in [9.17, 15) is 19.6 Å². The molecule has 4 atom stereocenters. The Morgan fingerprint density at radius 2 is 2.04 bits per heavy atom. The molecule has 4 unspecified atom stereocenters. The van der Waals surface area contributed by atoms with E-state index in [1.54, 1.807) is 10.7 Å². The average molecular weight is 694 g/mol. The number of nitrogens with zero attached hydrogens (tertiary/aromatic N) is 4. The van der Waals surface area contributed by atoms with Crippen LogP contribution in [0.4, 0.5) is 10.1 Å². The molecule has 3 amide bonds. The maximum atomic E-state index is 16.0. The molecule has 0 saturated carbocycles. The second-order valence-electron chi connectivity index (χ2n) is 14.8. The van der Waals surface area contributed by atoms with Crippen molar-refractivity contribution in [2.24, 2.45) is 23.2 Å². The standard InChI is InChI=1S/C40H45FN6O4/c1-40(24-45-16-17-46(25-45)30-8-6-29(23-42)26(21-30)13-18-51-19-15-43-2)14-12-28(33(41)22-40)20-27-7-9-34-37-31(27)4-3-5-32(37)39(50)47(34)35-10-11-36(48)44-38(35)49/h3-4,6-9,12,21-22,31-32,37,43H,5,10-11,13-20,24-25H2,1-2H3/p+1. The number of nitrogens with one attached hydrogen (secondary N) is 2. The summed E-state index contributed by atoms with van der Waals surface area (Å²) in [6, 6.07) is 8.33. The van der Waals surface area contributed by atoms with Crippen molar-refractivity contribution in [1.82, 2.24) is 15.5 Å². The van der Waals surface area contributed by atoms with Gasteiger partial charge in [-0.3, -0.25) is 19.8 Å². The highest BCUT2D eigenvalue weighted by atomic mass is 19.1. The second-order valence-corrected chi connectivity index (χ2v) is 14.8. The van der Waals surface area contributed by atoms with E-state index in [0.29, 0.717) is 49.3 Å². The molecule has 1 aromatic rings. The molecule has 11 heteroatoms. The van der Waals surface area contributed by atoms with E-state index in [2.05, 4.69) is 45.6 Å². The number of anilines is 1. The molecule has 0 spiro atoms. The van der Waals surface area contributed by atoms with Gasteiger partial charge in [0.05, 0.1) is 37.4 Å². The molecule has 0 radical (unpaired) electrons. The summed E-state index contributed by atoms with van der Waals surface area (Å²) in [6.45, 7) is 7.28. The number of amides is 3. The Kier molecular flexibility index (Phi) is 10.0. The number of benzene rings is 1. The first-order valence-corrected chi connectivity index (χ1v) is 18.1. The van der Waals surface area contributed by atoms with Gasteiger partial charge < -0.3 is 15.0 Å². The van der Waals surface area contributed by atoms with Gasteiger partial charge in [0.25, 0.3) is 5.71 Å². The fourth-order valence-corrected chi connectivity index (χ4v) is 8.55. The highest BCUT2D eigenvalue weighted by Gasteiger charge is 2.57. The first-order chi connectivity index (χ1) is 24.7. The fraction of sp³-hybridized carbons (Fsp3) is 0.475. The summed E-state index contributed by atoms with van der Waals surface area (Å²) in [5.74, 6) is -1.56. The highest BCUT2D eigenvalue weighted by molar-refractivity contribution is 6.41. The monoisotopic (exact) mass is 693 g/mol. The molecule has 3 fully saturated rings. The fourth-order valence-electron chi connectivity index (χ4n) is 8.55. The summed E-state index contributed by atoms with van der Waals surface area (Å²) in [7, 11) is 1.89. The topological polar surface area (TPSA) is 118 Å². The lowest BCUT2D eigenvalue weighted by Crippen LogP contribution is -2.45. The third kappa shape index (κ3) is 7.05. The first kappa shape index (κ1) is 34.9. The number of carbonyl (C=O) groups is 3. The molecule has 1 aromatic carbocycles. The van der Waals surface area contributed by atoms with E-state index in [1.807, 2.05) is 43.5 Å². The third-order valence-corrected chi connectivity index (χ3v) is 11.2. The van der Waals surface area contributed by atoms with Crippen LogP contribution in [0.15, 0.2) is 77.3 Å². The van der Waals surface area contributed by atoms with E-state index < -0.39 is 5.91 Å². The lowest BCUT2D eigenvalue weighted by molar-refractivity contribution is -0.393. The van der Waals surface area contributed by atoms with Crippen LogP contribution in [0.2, 0.25) is 0 Å². The summed E-state index contributed by atoms with van der Waals surface area (Å²) >= 11 is 0. The normalized spacial score (nSPS) is 28.9. The van der Waals surface area contributed by atoms with Gasteiger partial charge in [-0.2, -0.15) is 5.26 Å². The molecule has 6 aliphatic rings. The van der Waals surface area contributed by atoms with Crippen LogP contribution in [0.3, 0.4) is 0 Å². The lowest BCUT2D eigenvalue weighted by atomic mass is 9.69. The van der Waals surface area contributed by atoms with Crippen LogP contribution in [0.5, 0.6) is 0 Å². The van der Waals surface area contributed by atoms with Crippen LogP contribution in [0, 0.1) is 34.5 Å². The molecule has 10 nitrogen and oxygen atoms in total. The minimum atomic E-state index is -0.497. The van der Waals surface area contributed by atoms with Gasteiger partial charge in [-0.15, -0.1) is 4.58 Å². The molecule has 3 aliphatic heterocycles. The zero-order chi connectivity index (χ0) is 35.7. The average Bonchev–Trinajstić information content (AvgIpc) is 3.69. The molecule has 3 aliphatic carbocycles. The number of halogens is 1. The smallest absolute Gasteiger partial charge is 0.380 e. The second kappa shape index (κ2) is 14.6. The van der Waals surface area contributed by atoms with Crippen LogP contribution in [-0.2, 0) is 25.5 Å². The number of allylic oxidation sites excluding steroid dienone is 9. The van der Waals surface area contributed by atoms with Gasteiger partial charge >= 0.3 is 11.8 Å². The Bertz CT molecular complexity index is 1870. The molecule has 2 N–H and O–H groups in total. The van der Waals surface area contributed by atoms with Gasteiger partial charge in [0.2, 0.25) is 5.91 Å². The van der Waals surface area contributed by atoms with Gasteiger partial charge in [-0.1, -0.05) is 36.8 Å². The molecular formula is C40H46FN6O4+. The van der Waals surface area contributed by atoms with E-state index in [0.717, 1.165) is 61.8 Å². The number of piperidine rings is 1. The van der Waals surface area contributed by atoms with Crippen LogP contribution in [-0.4, -0.2) is 86.0 Å². The predicted octanol–water partition coefficient (Wildman–Crippen LogP) is 4.06. The summed E-state index contributed by atoms with van der Waals surface area (Å²) < 4.78 is 23.2. The number of imide groups is 1. The van der Waals surface area contributed by atoms with E-state index in [-0.39, 0.29) is 53.7 Å². The van der Waals surface area contributed by atoms with Gasteiger partial charge in [0, 0.05) is 62.1 Å². The first-order valence-electron chi connectivity index (χ1n) is 18.1. The molecule has 0 aromatic heterocycles. The maximum Gasteiger partial charge on any atom is 0.397 e. The van der Waals surface area contributed by atoms with Gasteiger partial charge in [-0.05, 0) is 68.1 Å². The number of rotatable bonds is 11. The Hall–Kier alpha value is -4.50. The largest absolute Gasteiger partial charge is 0.397 e. The van der Waals surface area contributed by atoms with Crippen LogP contribution in [0.25, 0.3) is 0 Å². The van der Waals surface area contributed by atoms with Crippen LogP contribution >= 0.6 is 0 Å². The number of hydrogen-bond donors (Lipinski definition) is 2. The van der Waals surface area contributed by atoms with E-state index in [1.165, 1.54) is 0 Å². The van der Waals surface area contributed by atoms with E-state index in [4.69, 9.17) is 4.74 Å². The number of carbonyl (C=O) groups excluding carboxylic acids is 3. The molecule has 3 saturated heterocycles. The molecule has 0 bridgehead atoms. The minimum absolute atomic E-state index is 0.0576. The molecule has 7 rings (SSSR count).